The normalized spacial score (nSPS) is 16.1. The van der Waals surface area contributed by atoms with E-state index in [0.717, 1.165) is 19.3 Å². The number of hydrogen-bond acceptors (Lipinski definition) is 3. The van der Waals surface area contributed by atoms with E-state index in [1.807, 2.05) is 6.92 Å². The van der Waals surface area contributed by atoms with Crippen LogP contribution >= 0.6 is 0 Å². The number of aryl methyl sites for hydroxylation is 1. The van der Waals surface area contributed by atoms with E-state index in [2.05, 4.69) is 50.5 Å². The van der Waals surface area contributed by atoms with Crippen LogP contribution in [0.25, 0.3) is 0 Å². The van der Waals surface area contributed by atoms with E-state index in [1.54, 1.807) is 0 Å². The van der Waals surface area contributed by atoms with Gasteiger partial charge in [0.1, 0.15) is 0 Å². The summed E-state index contributed by atoms with van der Waals surface area (Å²) in [5.74, 6) is 5.79. The molecule has 0 aliphatic rings. The molecule has 3 nitrogen and oxygen atoms in total. The third-order valence-corrected chi connectivity index (χ3v) is 3.78. The molecule has 2 atom stereocenters. The van der Waals surface area contributed by atoms with Crippen molar-refractivity contribution in [1.29, 1.82) is 0 Å². The molecule has 0 saturated heterocycles. The first-order valence-corrected chi connectivity index (χ1v) is 7.30. The van der Waals surface area contributed by atoms with Crippen LogP contribution in [0, 0.1) is 0 Å². The molecule has 3 N–H and O–H groups in total. The highest BCUT2D eigenvalue weighted by molar-refractivity contribution is 5.28. The van der Waals surface area contributed by atoms with E-state index < -0.39 is 0 Å². The predicted octanol–water partition coefficient (Wildman–Crippen LogP) is 3.35. The Labute approximate surface area is 117 Å². The zero-order valence-electron chi connectivity index (χ0n) is 12.7. The molecule has 0 bridgehead atoms. The molecule has 0 fully saturated rings. The molecule has 0 heterocycles. The van der Waals surface area contributed by atoms with Gasteiger partial charge in [-0.05, 0) is 37.8 Å². The van der Waals surface area contributed by atoms with Crippen molar-refractivity contribution in [2.45, 2.75) is 58.6 Å². The number of nitrogens with one attached hydrogen (secondary N) is 1. The monoisotopic (exact) mass is 264 g/mol. The van der Waals surface area contributed by atoms with Crippen LogP contribution in [-0.4, -0.2) is 12.2 Å². The van der Waals surface area contributed by atoms with Crippen molar-refractivity contribution in [1.82, 2.24) is 5.43 Å². The van der Waals surface area contributed by atoms with Crippen molar-refractivity contribution < 1.29 is 4.74 Å². The van der Waals surface area contributed by atoms with E-state index in [-0.39, 0.29) is 11.6 Å². The van der Waals surface area contributed by atoms with E-state index in [9.17, 15) is 0 Å². The summed E-state index contributed by atoms with van der Waals surface area (Å²) in [5.41, 5.74) is 5.21. The van der Waals surface area contributed by atoms with Crippen LogP contribution in [-0.2, 0) is 11.2 Å². The van der Waals surface area contributed by atoms with Gasteiger partial charge in [-0.3, -0.25) is 11.3 Å². The third-order valence-electron chi connectivity index (χ3n) is 3.78. The summed E-state index contributed by atoms with van der Waals surface area (Å²) < 4.78 is 5.94. The first-order valence-electron chi connectivity index (χ1n) is 7.30. The summed E-state index contributed by atoms with van der Waals surface area (Å²) in [4.78, 5) is 0. The second-order valence-corrected chi connectivity index (χ2v) is 5.19. The van der Waals surface area contributed by atoms with E-state index in [4.69, 9.17) is 10.6 Å². The van der Waals surface area contributed by atoms with Gasteiger partial charge in [0, 0.05) is 6.61 Å². The molecule has 108 valence electrons. The summed E-state index contributed by atoms with van der Waals surface area (Å²) in [6.45, 7) is 9.16. The molecule has 3 heteroatoms. The van der Waals surface area contributed by atoms with E-state index >= 15 is 0 Å². The molecule has 0 amide bonds. The van der Waals surface area contributed by atoms with E-state index in [0.29, 0.717) is 6.61 Å². The summed E-state index contributed by atoms with van der Waals surface area (Å²) in [5, 5.41) is 0. The first-order chi connectivity index (χ1) is 9.11. The van der Waals surface area contributed by atoms with Crippen molar-refractivity contribution in [3.05, 3.63) is 35.4 Å². The van der Waals surface area contributed by atoms with Crippen molar-refractivity contribution in [3.63, 3.8) is 0 Å². The van der Waals surface area contributed by atoms with Crippen molar-refractivity contribution in [2.24, 2.45) is 5.84 Å². The van der Waals surface area contributed by atoms with Gasteiger partial charge >= 0.3 is 0 Å². The molecule has 0 aromatic heterocycles. The summed E-state index contributed by atoms with van der Waals surface area (Å²) in [7, 11) is 0. The minimum Gasteiger partial charge on any atom is -0.374 e. The zero-order chi connectivity index (χ0) is 14.3. The zero-order valence-corrected chi connectivity index (χ0v) is 12.7. The van der Waals surface area contributed by atoms with Crippen LogP contribution in [0.1, 0.15) is 57.7 Å². The molecule has 0 radical (unpaired) electrons. The van der Waals surface area contributed by atoms with Gasteiger partial charge in [0.05, 0.1) is 11.6 Å². The van der Waals surface area contributed by atoms with Gasteiger partial charge in [-0.1, -0.05) is 44.5 Å². The Morgan fingerprint density at radius 3 is 2.58 bits per heavy atom. The smallest absolute Gasteiger partial charge is 0.0858 e. The summed E-state index contributed by atoms with van der Waals surface area (Å²) in [6.07, 6.45) is 3.16. The van der Waals surface area contributed by atoms with Crippen molar-refractivity contribution >= 4 is 0 Å². The summed E-state index contributed by atoms with van der Waals surface area (Å²) in [6, 6.07) is 8.64. The Balaban J connectivity index is 3.04. The molecular weight excluding hydrogens is 236 g/mol. The van der Waals surface area contributed by atoms with Gasteiger partial charge < -0.3 is 4.74 Å². The lowest BCUT2D eigenvalue weighted by atomic mass is 9.87. The first kappa shape index (κ1) is 16.2. The SMILES string of the molecule is CCCc1cccc(C(NN)C(C)(CC)OCC)c1. The van der Waals surface area contributed by atoms with Gasteiger partial charge in [-0.2, -0.15) is 0 Å². The standard InChI is InChI=1S/C16H28N2O/c1-5-9-13-10-8-11-14(12-13)15(18-17)16(4,6-2)19-7-3/h8,10-12,15,18H,5-7,9,17H2,1-4H3. The van der Waals surface area contributed by atoms with Gasteiger partial charge in [0.15, 0.2) is 0 Å². The molecule has 1 aromatic rings. The van der Waals surface area contributed by atoms with Crippen LogP contribution in [0.15, 0.2) is 24.3 Å². The predicted molar refractivity (Wildman–Crippen MR) is 80.8 cm³/mol. The Bertz CT molecular complexity index is 381. The molecule has 0 aliphatic heterocycles. The highest BCUT2D eigenvalue weighted by Gasteiger charge is 2.33. The summed E-state index contributed by atoms with van der Waals surface area (Å²) >= 11 is 0. The second-order valence-electron chi connectivity index (χ2n) is 5.19. The fourth-order valence-corrected chi connectivity index (χ4v) is 2.56. The number of nitrogens with two attached hydrogens (primary N) is 1. The topological polar surface area (TPSA) is 47.3 Å². The van der Waals surface area contributed by atoms with Gasteiger partial charge in [-0.25, -0.2) is 0 Å². The lowest BCUT2D eigenvalue weighted by Crippen LogP contribution is -2.46. The largest absolute Gasteiger partial charge is 0.374 e. The average molecular weight is 264 g/mol. The minimum absolute atomic E-state index is 0.00857. The molecule has 0 aliphatic carbocycles. The Kier molecular flexibility index (Phi) is 6.49. The van der Waals surface area contributed by atoms with Crippen LogP contribution in [0.3, 0.4) is 0 Å². The number of rotatable bonds is 8. The molecule has 1 aromatic carbocycles. The van der Waals surface area contributed by atoms with Gasteiger partial charge in [0.2, 0.25) is 0 Å². The van der Waals surface area contributed by atoms with E-state index in [1.165, 1.54) is 11.1 Å². The average Bonchev–Trinajstić information content (AvgIpc) is 2.40. The third kappa shape index (κ3) is 4.03. The number of ether oxygens (including phenoxy) is 1. The highest BCUT2D eigenvalue weighted by Crippen LogP contribution is 2.32. The number of benzene rings is 1. The Hall–Kier alpha value is -0.900. The molecule has 0 saturated carbocycles. The number of hydrazine groups is 1. The fourth-order valence-electron chi connectivity index (χ4n) is 2.56. The van der Waals surface area contributed by atoms with Crippen LogP contribution in [0.5, 0.6) is 0 Å². The fraction of sp³-hybridized carbons (Fsp3) is 0.625. The Morgan fingerprint density at radius 2 is 2.05 bits per heavy atom. The quantitative estimate of drug-likeness (QED) is 0.559. The maximum absolute atomic E-state index is 5.94. The molecule has 1 rings (SSSR count). The van der Waals surface area contributed by atoms with Gasteiger partial charge in [-0.15, -0.1) is 0 Å². The maximum atomic E-state index is 5.94. The van der Waals surface area contributed by atoms with Crippen LogP contribution in [0.2, 0.25) is 0 Å². The van der Waals surface area contributed by atoms with Crippen LogP contribution < -0.4 is 11.3 Å². The molecule has 2 unspecified atom stereocenters. The molecule has 0 spiro atoms. The van der Waals surface area contributed by atoms with Crippen molar-refractivity contribution in [2.75, 3.05) is 6.61 Å². The molecular formula is C16H28N2O. The Morgan fingerprint density at radius 1 is 1.32 bits per heavy atom. The number of hydrogen-bond donors (Lipinski definition) is 2. The minimum atomic E-state index is -0.283. The lowest BCUT2D eigenvalue weighted by molar-refractivity contribution is -0.0564. The van der Waals surface area contributed by atoms with Crippen LogP contribution in [0.4, 0.5) is 0 Å². The van der Waals surface area contributed by atoms with Gasteiger partial charge in [0.25, 0.3) is 0 Å². The molecule has 19 heavy (non-hydrogen) atoms. The maximum Gasteiger partial charge on any atom is 0.0858 e. The van der Waals surface area contributed by atoms with Crippen molar-refractivity contribution in [3.8, 4) is 0 Å². The highest BCUT2D eigenvalue weighted by atomic mass is 16.5. The lowest BCUT2D eigenvalue weighted by Gasteiger charge is -2.36. The second kappa shape index (κ2) is 7.63.